The molecule has 6 nitrogen and oxygen atoms in total. The smallest absolute Gasteiger partial charge is 0.240 e. The number of nitroso groups, excluding NO2 is 1. The minimum absolute atomic E-state index is 0.0539. The maximum Gasteiger partial charge on any atom is 0.240 e. The van der Waals surface area contributed by atoms with Crippen molar-refractivity contribution in [3.05, 3.63) is 16.2 Å². The van der Waals surface area contributed by atoms with Crippen LogP contribution in [0.3, 0.4) is 0 Å². The molecule has 0 aromatic heterocycles. The van der Waals surface area contributed by atoms with Crippen LogP contribution in [0, 0.1) is 10.8 Å². The van der Waals surface area contributed by atoms with Crippen LogP contribution in [0.2, 0.25) is 0 Å². The van der Waals surface area contributed by atoms with E-state index in [1.165, 1.54) is 12.0 Å². The van der Waals surface area contributed by atoms with E-state index in [4.69, 9.17) is 0 Å². The number of likely N-dealkylation sites (N-methyl/N-ethyl adjacent to an activating group) is 1. The van der Waals surface area contributed by atoms with Gasteiger partial charge in [0.2, 0.25) is 5.91 Å². The van der Waals surface area contributed by atoms with Crippen LogP contribution < -0.4 is 10.6 Å². The van der Waals surface area contributed by atoms with Crippen LogP contribution in [0.5, 0.6) is 0 Å². The van der Waals surface area contributed by atoms with E-state index in [1.54, 1.807) is 4.90 Å². The average Bonchev–Trinajstić information content (AvgIpc) is 3.27. The highest BCUT2D eigenvalue weighted by Crippen LogP contribution is 2.33. The summed E-state index contributed by atoms with van der Waals surface area (Å²) in [5.41, 5.74) is 2.33. The van der Waals surface area contributed by atoms with E-state index in [9.17, 15) is 9.70 Å². The molecule has 0 spiro atoms. The van der Waals surface area contributed by atoms with Crippen LogP contribution in [0.15, 0.2) is 16.4 Å². The van der Waals surface area contributed by atoms with E-state index in [0.717, 1.165) is 44.3 Å². The molecule has 0 heterocycles. The summed E-state index contributed by atoms with van der Waals surface area (Å²) in [5.74, 6) is 0.653. The van der Waals surface area contributed by atoms with Gasteiger partial charge in [0, 0.05) is 12.7 Å². The highest BCUT2D eigenvalue weighted by Gasteiger charge is 2.37. The molecule has 0 radical (unpaired) electrons. The second-order valence-electron chi connectivity index (χ2n) is 6.36. The Hall–Kier alpha value is -1.43. The predicted molar refractivity (Wildman–Crippen MR) is 87.1 cm³/mol. The van der Waals surface area contributed by atoms with Crippen molar-refractivity contribution in [1.29, 1.82) is 0 Å². The van der Waals surface area contributed by atoms with E-state index in [1.807, 2.05) is 7.05 Å². The van der Waals surface area contributed by atoms with Gasteiger partial charge in [-0.2, -0.15) is 0 Å². The molecule has 2 N–H and O–H groups in total. The second kappa shape index (κ2) is 8.27. The van der Waals surface area contributed by atoms with Crippen LogP contribution in [0.25, 0.3) is 0 Å². The van der Waals surface area contributed by atoms with Crippen molar-refractivity contribution in [2.24, 2.45) is 11.1 Å². The number of hydrogen-bond acceptors (Lipinski definition) is 5. The summed E-state index contributed by atoms with van der Waals surface area (Å²) in [6.45, 7) is 3.60. The molecule has 6 heteroatoms. The van der Waals surface area contributed by atoms with Crippen molar-refractivity contribution in [3.8, 4) is 0 Å². The molecule has 1 atom stereocenters. The largest absolute Gasteiger partial charge is 0.365 e. The Balaban J connectivity index is 1.94. The Morgan fingerprint density at radius 2 is 2.14 bits per heavy atom. The van der Waals surface area contributed by atoms with Gasteiger partial charge in [-0.3, -0.25) is 4.79 Å². The zero-order valence-electron chi connectivity index (χ0n) is 13.7. The van der Waals surface area contributed by atoms with Crippen LogP contribution >= 0.6 is 0 Å². The lowest BCUT2D eigenvalue weighted by atomic mass is 9.90. The molecule has 22 heavy (non-hydrogen) atoms. The van der Waals surface area contributed by atoms with Gasteiger partial charge in [0.1, 0.15) is 6.67 Å². The molecule has 0 saturated heterocycles. The Bertz CT molecular complexity index is 426. The molecule has 2 saturated carbocycles. The minimum atomic E-state index is -0.0539. The lowest BCUT2D eigenvalue weighted by Gasteiger charge is -2.29. The van der Waals surface area contributed by atoms with Crippen LogP contribution in [-0.2, 0) is 4.79 Å². The maximum atomic E-state index is 12.7. The summed E-state index contributed by atoms with van der Waals surface area (Å²) in [7, 11) is 1.85. The molecule has 2 aliphatic rings. The van der Waals surface area contributed by atoms with Crippen LogP contribution in [0.1, 0.15) is 45.4 Å². The first kappa shape index (κ1) is 16.9. The zero-order valence-corrected chi connectivity index (χ0v) is 13.7. The fraction of sp³-hybridized carbons (Fsp3) is 0.812. The summed E-state index contributed by atoms with van der Waals surface area (Å²) in [6, 6.07) is -0.0539. The number of allylic oxidation sites excluding steroid dienone is 1. The third kappa shape index (κ3) is 4.53. The highest BCUT2D eigenvalue weighted by atomic mass is 16.3. The number of hydrogen-bond donors (Lipinski definition) is 2. The molecule has 124 valence electrons. The van der Waals surface area contributed by atoms with E-state index < -0.39 is 0 Å². The fourth-order valence-electron chi connectivity index (χ4n) is 2.81. The van der Waals surface area contributed by atoms with E-state index in [0.29, 0.717) is 12.5 Å². The molecule has 2 fully saturated rings. The molecule has 1 amide bonds. The molecule has 1 unspecified atom stereocenters. The number of nitrogens with zero attached hydrogens (tertiary/aromatic N) is 2. The standard InChI is InChI=1S/C16H28N4O2/c1-3-9-17-15(13-7-8-13)16(21)20(2)10-14(18-11-19-22)12-5-4-6-12/h13,15,17-18H,3-11H2,1-2H3. The first-order valence-electron chi connectivity index (χ1n) is 8.39. The number of carbonyl (C=O) groups excluding carboxylic acids is 1. The molecular formula is C16H28N4O2. The molecule has 0 bridgehead atoms. The quantitative estimate of drug-likeness (QED) is 0.605. The normalized spacial score (nSPS) is 18.4. The monoisotopic (exact) mass is 308 g/mol. The van der Waals surface area contributed by atoms with Gasteiger partial charge in [-0.15, -0.1) is 4.91 Å². The van der Waals surface area contributed by atoms with E-state index in [-0.39, 0.29) is 18.6 Å². The van der Waals surface area contributed by atoms with Gasteiger partial charge in [0.05, 0.1) is 12.6 Å². The summed E-state index contributed by atoms with van der Waals surface area (Å²) in [5, 5.41) is 9.33. The van der Waals surface area contributed by atoms with Crippen molar-refractivity contribution in [2.75, 3.05) is 26.8 Å². The number of rotatable bonds is 10. The maximum absolute atomic E-state index is 12.7. The van der Waals surface area contributed by atoms with E-state index in [2.05, 4.69) is 22.7 Å². The van der Waals surface area contributed by atoms with Gasteiger partial charge >= 0.3 is 0 Å². The van der Waals surface area contributed by atoms with Gasteiger partial charge < -0.3 is 15.5 Å². The Morgan fingerprint density at radius 3 is 2.64 bits per heavy atom. The fourth-order valence-corrected chi connectivity index (χ4v) is 2.81. The van der Waals surface area contributed by atoms with Crippen molar-refractivity contribution in [1.82, 2.24) is 15.5 Å². The Kier molecular flexibility index (Phi) is 6.36. The number of carbonyl (C=O) groups is 1. The summed E-state index contributed by atoms with van der Waals surface area (Å²) < 4.78 is 0. The molecule has 2 rings (SSSR count). The van der Waals surface area contributed by atoms with Gasteiger partial charge in [-0.05, 0) is 61.7 Å². The van der Waals surface area contributed by atoms with Gasteiger partial charge in [-0.1, -0.05) is 6.92 Å². The molecular weight excluding hydrogens is 280 g/mol. The topological polar surface area (TPSA) is 73.8 Å². The van der Waals surface area contributed by atoms with Crippen molar-refractivity contribution in [2.45, 2.75) is 51.5 Å². The number of amides is 1. The third-order valence-electron chi connectivity index (χ3n) is 4.49. The lowest BCUT2D eigenvalue weighted by Crippen LogP contribution is -2.48. The summed E-state index contributed by atoms with van der Waals surface area (Å²) in [6.07, 6.45) is 6.62. The van der Waals surface area contributed by atoms with Crippen LogP contribution in [-0.4, -0.2) is 43.7 Å². The summed E-state index contributed by atoms with van der Waals surface area (Å²) >= 11 is 0. The average molecular weight is 308 g/mol. The van der Waals surface area contributed by atoms with Crippen molar-refractivity contribution in [3.63, 3.8) is 0 Å². The minimum Gasteiger partial charge on any atom is -0.365 e. The van der Waals surface area contributed by atoms with E-state index >= 15 is 0 Å². The second-order valence-corrected chi connectivity index (χ2v) is 6.36. The molecule has 0 aromatic carbocycles. The Morgan fingerprint density at radius 1 is 1.41 bits per heavy atom. The van der Waals surface area contributed by atoms with Gasteiger partial charge in [0.15, 0.2) is 0 Å². The zero-order chi connectivity index (χ0) is 15.9. The molecule has 0 aromatic rings. The molecule has 2 aliphatic carbocycles. The first-order valence-corrected chi connectivity index (χ1v) is 8.39. The Labute approximate surface area is 132 Å². The molecule has 0 aliphatic heterocycles. The van der Waals surface area contributed by atoms with Crippen LogP contribution in [0.4, 0.5) is 0 Å². The van der Waals surface area contributed by atoms with Gasteiger partial charge in [-0.25, -0.2) is 0 Å². The first-order chi connectivity index (χ1) is 10.7. The third-order valence-corrected chi connectivity index (χ3v) is 4.49. The predicted octanol–water partition coefficient (Wildman–Crippen LogP) is 1.97. The van der Waals surface area contributed by atoms with Crippen molar-refractivity contribution >= 4 is 5.91 Å². The van der Waals surface area contributed by atoms with Gasteiger partial charge in [0.25, 0.3) is 0 Å². The summed E-state index contributed by atoms with van der Waals surface area (Å²) in [4.78, 5) is 24.8. The highest BCUT2D eigenvalue weighted by molar-refractivity contribution is 5.82. The van der Waals surface area contributed by atoms with Crippen molar-refractivity contribution < 1.29 is 4.79 Å². The lowest BCUT2D eigenvalue weighted by molar-refractivity contribution is -0.132. The SMILES string of the molecule is CCCNC(C(=O)N(C)CC(NCN=O)=C1CCC1)C1CC1. The number of nitrogens with one attached hydrogen (secondary N) is 2.